The number of rotatable bonds is 1. The van der Waals surface area contributed by atoms with Gasteiger partial charge in [-0.25, -0.2) is 9.37 Å². The van der Waals surface area contributed by atoms with Crippen LogP contribution in [0.15, 0.2) is 18.3 Å². The second kappa shape index (κ2) is 2.47. The molecule has 3 nitrogen and oxygen atoms in total. The summed E-state index contributed by atoms with van der Waals surface area (Å²) in [6, 6.07) is 3.05. The van der Waals surface area contributed by atoms with E-state index in [4.69, 9.17) is 5.73 Å². The molecule has 1 aliphatic carbocycles. The summed E-state index contributed by atoms with van der Waals surface area (Å²) < 4.78 is 14.8. The molecule has 4 heteroatoms. The summed E-state index contributed by atoms with van der Waals surface area (Å²) in [4.78, 5) is 4.19. The molecule has 1 aliphatic rings. The molecule has 1 saturated carbocycles. The van der Waals surface area contributed by atoms with E-state index in [1.165, 1.54) is 12.3 Å². The van der Waals surface area contributed by atoms with Gasteiger partial charge < -0.3 is 5.73 Å². The molecule has 2 N–H and O–H groups in total. The van der Waals surface area contributed by atoms with Gasteiger partial charge in [-0.05, 0) is 25.0 Å². The van der Waals surface area contributed by atoms with Gasteiger partial charge in [0.25, 0.3) is 0 Å². The highest BCUT2D eigenvalue weighted by Gasteiger charge is 2.29. The van der Waals surface area contributed by atoms with Gasteiger partial charge >= 0.3 is 0 Å². The number of nitrogens with two attached hydrogens (primary N) is 1. The highest BCUT2D eigenvalue weighted by Crippen LogP contribution is 2.42. The van der Waals surface area contributed by atoms with Crippen molar-refractivity contribution in [2.24, 2.45) is 0 Å². The number of nitrogen functional groups attached to an aromatic ring is 1. The topological polar surface area (TPSA) is 43.3 Å². The Kier molecular flexibility index (Phi) is 1.37. The van der Waals surface area contributed by atoms with E-state index in [2.05, 4.69) is 4.98 Å². The van der Waals surface area contributed by atoms with Crippen LogP contribution in [0.2, 0.25) is 0 Å². The molecule has 2 aromatic rings. The number of aromatic nitrogens is 2. The first-order valence-electron chi connectivity index (χ1n) is 4.68. The summed E-state index contributed by atoms with van der Waals surface area (Å²) in [5.74, 6) is 0.765. The van der Waals surface area contributed by atoms with Crippen LogP contribution in [0.5, 0.6) is 0 Å². The predicted octanol–water partition coefficient (Wildman–Crippen LogP) is 1.93. The van der Waals surface area contributed by atoms with E-state index in [0.29, 0.717) is 11.7 Å². The van der Waals surface area contributed by atoms with Crippen LogP contribution in [0.25, 0.3) is 5.65 Å². The maximum absolute atomic E-state index is 13.0. The molecule has 14 heavy (non-hydrogen) atoms. The number of halogens is 1. The molecule has 2 heterocycles. The minimum absolute atomic E-state index is 0.253. The van der Waals surface area contributed by atoms with E-state index in [-0.39, 0.29) is 5.82 Å². The van der Waals surface area contributed by atoms with Crippen molar-refractivity contribution in [2.75, 3.05) is 5.73 Å². The van der Waals surface area contributed by atoms with Crippen LogP contribution >= 0.6 is 0 Å². The van der Waals surface area contributed by atoms with Crippen LogP contribution in [0.1, 0.15) is 24.5 Å². The summed E-state index contributed by atoms with van der Waals surface area (Å²) in [5, 5.41) is 0. The number of fused-ring (bicyclic) bond motifs is 1. The van der Waals surface area contributed by atoms with Crippen LogP contribution in [-0.2, 0) is 0 Å². The molecule has 2 aromatic heterocycles. The number of anilines is 1. The van der Waals surface area contributed by atoms with Crippen molar-refractivity contribution >= 4 is 11.5 Å². The van der Waals surface area contributed by atoms with Crippen molar-refractivity contribution in [3.05, 3.63) is 29.8 Å². The highest BCUT2D eigenvalue weighted by molar-refractivity contribution is 5.54. The maximum Gasteiger partial charge on any atom is 0.146 e. The van der Waals surface area contributed by atoms with E-state index in [0.717, 1.165) is 24.2 Å². The Morgan fingerprint density at radius 1 is 1.43 bits per heavy atom. The smallest absolute Gasteiger partial charge is 0.146 e. The molecule has 72 valence electrons. The number of hydrogen-bond acceptors (Lipinski definition) is 2. The van der Waals surface area contributed by atoms with E-state index in [1.54, 1.807) is 10.5 Å². The predicted molar refractivity (Wildman–Crippen MR) is 51.5 cm³/mol. The summed E-state index contributed by atoms with van der Waals surface area (Å²) in [7, 11) is 0. The van der Waals surface area contributed by atoms with Gasteiger partial charge in [0.15, 0.2) is 0 Å². The van der Waals surface area contributed by atoms with Gasteiger partial charge in [0, 0.05) is 12.1 Å². The van der Waals surface area contributed by atoms with Gasteiger partial charge in [0.1, 0.15) is 17.3 Å². The summed E-state index contributed by atoms with van der Waals surface area (Å²) in [5.41, 5.74) is 7.49. The first kappa shape index (κ1) is 7.79. The lowest BCUT2D eigenvalue weighted by Crippen LogP contribution is -1.95. The van der Waals surface area contributed by atoms with Crippen molar-refractivity contribution in [1.29, 1.82) is 0 Å². The number of nitrogens with zero attached hydrogens (tertiary/aromatic N) is 2. The van der Waals surface area contributed by atoms with Crippen molar-refractivity contribution in [3.8, 4) is 0 Å². The quantitative estimate of drug-likeness (QED) is 0.748. The molecule has 0 radical (unpaired) electrons. The Morgan fingerprint density at radius 3 is 2.93 bits per heavy atom. The van der Waals surface area contributed by atoms with Crippen molar-refractivity contribution in [2.45, 2.75) is 18.8 Å². The summed E-state index contributed by atoms with van der Waals surface area (Å²) >= 11 is 0. The first-order valence-corrected chi connectivity index (χ1v) is 4.68. The van der Waals surface area contributed by atoms with Gasteiger partial charge in [0.2, 0.25) is 0 Å². The lowest BCUT2D eigenvalue weighted by molar-refractivity contribution is 0.618. The van der Waals surface area contributed by atoms with E-state index in [9.17, 15) is 4.39 Å². The van der Waals surface area contributed by atoms with Crippen LogP contribution in [0.4, 0.5) is 10.2 Å². The monoisotopic (exact) mass is 191 g/mol. The highest BCUT2D eigenvalue weighted by atomic mass is 19.1. The third-order valence-electron chi connectivity index (χ3n) is 2.61. The van der Waals surface area contributed by atoms with Crippen LogP contribution in [0, 0.1) is 5.82 Å². The Hall–Kier alpha value is -1.58. The molecular weight excluding hydrogens is 181 g/mol. The minimum atomic E-state index is -0.253. The van der Waals surface area contributed by atoms with Crippen molar-refractivity contribution in [1.82, 2.24) is 9.38 Å². The average molecular weight is 191 g/mol. The zero-order valence-corrected chi connectivity index (χ0v) is 7.57. The van der Waals surface area contributed by atoms with Crippen molar-refractivity contribution < 1.29 is 4.39 Å². The zero-order chi connectivity index (χ0) is 9.71. The lowest BCUT2D eigenvalue weighted by Gasteiger charge is -1.99. The fraction of sp³-hybridized carbons (Fsp3) is 0.300. The fourth-order valence-electron chi connectivity index (χ4n) is 1.82. The molecule has 0 aliphatic heterocycles. The van der Waals surface area contributed by atoms with Gasteiger partial charge in [-0.3, -0.25) is 4.40 Å². The minimum Gasteiger partial charge on any atom is -0.382 e. The number of pyridine rings is 1. The second-order valence-electron chi connectivity index (χ2n) is 3.73. The molecule has 3 rings (SSSR count). The van der Waals surface area contributed by atoms with Crippen LogP contribution in [-0.4, -0.2) is 9.38 Å². The van der Waals surface area contributed by atoms with Gasteiger partial charge in [-0.1, -0.05) is 0 Å². The van der Waals surface area contributed by atoms with Crippen molar-refractivity contribution in [3.63, 3.8) is 0 Å². The molecule has 0 saturated heterocycles. The molecular formula is C10H10FN3. The molecule has 0 unspecified atom stereocenters. The third-order valence-corrected chi connectivity index (χ3v) is 2.61. The Balaban J connectivity index is 2.34. The molecule has 0 spiro atoms. The van der Waals surface area contributed by atoms with Crippen LogP contribution < -0.4 is 5.73 Å². The van der Waals surface area contributed by atoms with Gasteiger partial charge in [-0.2, -0.15) is 0 Å². The number of imidazole rings is 1. The summed E-state index contributed by atoms with van der Waals surface area (Å²) in [6.45, 7) is 0. The van der Waals surface area contributed by atoms with E-state index >= 15 is 0 Å². The SMILES string of the molecule is Nc1nc2ccc(F)cn2c1C1CC1. The molecule has 0 bridgehead atoms. The lowest BCUT2D eigenvalue weighted by atomic mass is 10.3. The average Bonchev–Trinajstić information content (AvgIpc) is 2.90. The zero-order valence-electron chi connectivity index (χ0n) is 7.57. The Morgan fingerprint density at radius 2 is 2.21 bits per heavy atom. The Labute approximate surface area is 80.4 Å². The van der Waals surface area contributed by atoms with E-state index < -0.39 is 0 Å². The third kappa shape index (κ3) is 0.999. The normalized spacial score (nSPS) is 16.4. The van der Waals surface area contributed by atoms with Gasteiger partial charge in [-0.15, -0.1) is 0 Å². The number of hydrogen-bond donors (Lipinski definition) is 1. The molecule has 0 aromatic carbocycles. The molecule has 0 atom stereocenters. The largest absolute Gasteiger partial charge is 0.382 e. The van der Waals surface area contributed by atoms with Gasteiger partial charge in [0.05, 0.1) is 5.69 Å². The Bertz CT molecular complexity index is 499. The molecule has 0 amide bonds. The maximum atomic E-state index is 13.0. The summed E-state index contributed by atoms with van der Waals surface area (Å²) in [6.07, 6.45) is 3.72. The fourth-order valence-corrected chi connectivity index (χ4v) is 1.82. The first-order chi connectivity index (χ1) is 6.75. The standard InChI is InChI=1S/C10H10FN3/c11-7-3-4-8-13-10(12)9(6-1-2-6)14(8)5-7/h3-6H,1-2,12H2. The van der Waals surface area contributed by atoms with Crippen LogP contribution in [0.3, 0.4) is 0 Å². The second-order valence-corrected chi connectivity index (χ2v) is 3.73. The van der Waals surface area contributed by atoms with E-state index in [1.807, 2.05) is 0 Å². The molecule has 1 fully saturated rings.